The van der Waals surface area contributed by atoms with E-state index in [-0.39, 0.29) is 12.0 Å². The molecule has 1 aliphatic carbocycles. The molecule has 0 aromatic carbocycles. The normalized spacial score (nSPS) is 31.8. The molecule has 1 saturated carbocycles. The lowest BCUT2D eigenvalue weighted by atomic mass is 9.88. The van der Waals surface area contributed by atoms with Gasteiger partial charge in [0.2, 0.25) is 0 Å². The van der Waals surface area contributed by atoms with Crippen molar-refractivity contribution >= 4 is 5.97 Å². The summed E-state index contributed by atoms with van der Waals surface area (Å²) in [6, 6.07) is -0.132. The van der Waals surface area contributed by atoms with E-state index < -0.39 is 5.54 Å². The highest BCUT2D eigenvalue weighted by atomic mass is 16.5. The van der Waals surface area contributed by atoms with E-state index in [0.717, 1.165) is 6.54 Å². The minimum Gasteiger partial charge on any atom is -0.468 e. The fourth-order valence-electron chi connectivity index (χ4n) is 3.65. The Morgan fingerprint density at radius 1 is 1.45 bits per heavy atom. The minimum absolute atomic E-state index is 0.132. The quantitative estimate of drug-likeness (QED) is 0.344. The van der Waals surface area contributed by atoms with E-state index >= 15 is 0 Å². The smallest absolute Gasteiger partial charge is 0.326 e. The van der Waals surface area contributed by atoms with Crippen molar-refractivity contribution in [1.82, 2.24) is 4.90 Å². The van der Waals surface area contributed by atoms with Crippen molar-refractivity contribution in [2.45, 2.75) is 57.0 Å². The molecular weight excluding hydrogens is 256 g/mol. The van der Waals surface area contributed by atoms with Crippen molar-refractivity contribution in [2.24, 2.45) is 11.0 Å². The van der Waals surface area contributed by atoms with Crippen LogP contribution in [0.3, 0.4) is 0 Å². The minimum atomic E-state index is -0.648. The maximum Gasteiger partial charge on any atom is 0.326 e. The molecule has 0 aromatic rings. The van der Waals surface area contributed by atoms with Crippen LogP contribution >= 0.6 is 0 Å². The van der Waals surface area contributed by atoms with Gasteiger partial charge in [-0.3, -0.25) is 9.69 Å². The average Bonchev–Trinajstić information content (AvgIpc) is 2.77. The first kappa shape index (κ1) is 15.1. The molecule has 2 rings (SSSR count). The van der Waals surface area contributed by atoms with Gasteiger partial charge in [-0.2, -0.15) is 0 Å². The zero-order chi connectivity index (χ0) is 14.6. The summed E-state index contributed by atoms with van der Waals surface area (Å²) in [5, 5.41) is 3.81. The van der Waals surface area contributed by atoms with Crippen molar-refractivity contribution in [3.63, 3.8) is 0 Å². The van der Waals surface area contributed by atoms with Crippen molar-refractivity contribution in [1.29, 1.82) is 0 Å². The zero-order valence-electron chi connectivity index (χ0n) is 12.4. The molecule has 2 atom stereocenters. The molecule has 1 heterocycles. The van der Waals surface area contributed by atoms with Gasteiger partial charge in [0, 0.05) is 18.0 Å². The molecular formula is C14H24N4O2. The van der Waals surface area contributed by atoms with Gasteiger partial charge >= 0.3 is 5.97 Å². The Morgan fingerprint density at radius 2 is 2.15 bits per heavy atom. The maximum atomic E-state index is 12.1. The van der Waals surface area contributed by atoms with Gasteiger partial charge in [0.1, 0.15) is 5.54 Å². The fraction of sp³-hybridized carbons (Fsp3) is 0.929. The van der Waals surface area contributed by atoms with E-state index in [0.29, 0.717) is 18.9 Å². The summed E-state index contributed by atoms with van der Waals surface area (Å²) in [5.41, 5.74) is 7.98. The number of hydrogen-bond donors (Lipinski definition) is 0. The third-order valence-corrected chi connectivity index (χ3v) is 4.81. The molecule has 0 amide bonds. The highest BCUT2D eigenvalue weighted by molar-refractivity contribution is 5.80. The number of nitrogens with zero attached hydrogens (tertiary/aromatic N) is 4. The van der Waals surface area contributed by atoms with E-state index in [1.807, 2.05) is 6.92 Å². The molecule has 0 unspecified atom stereocenters. The molecule has 0 bridgehead atoms. The number of hydrogen-bond acceptors (Lipinski definition) is 4. The van der Waals surface area contributed by atoms with Crippen LogP contribution < -0.4 is 0 Å². The summed E-state index contributed by atoms with van der Waals surface area (Å²) in [4.78, 5) is 17.2. The molecule has 6 heteroatoms. The first-order valence-electron chi connectivity index (χ1n) is 7.48. The van der Waals surface area contributed by atoms with E-state index in [1.54, 1.807) is 0 Å². The Kier molecular flexibility index (Phi) is 4.89. The van der Waals surface area contributed by atoms with Crippen LogP contribution in [0.4, 0.5) is 0 Å². The summed E-state index contributed by atoms with van der Waals surface area (Å²) in [6.07, 6.45) is 6.92. The van der Waals surface area contributed by atoms with Crippen LogP contribution in [-0.2, 0) is 9.53 Å². The molecule has 6 nitrogen and oxygen atoms in total. The van der Waals surface area contributed by atoms with E-state index in [4.69, 9.17) is 10.3 Å². The third kappa shape index (κ3) is 3.07. The molecule has 0 aromatic heterocycles. The van der Waals surface area contributed by atoms with Gasteiger partial charge in [-0.1, -0.05) is 24.4 Å². The lowest BCUT2D eigenvalue weighted by Gasteiger charge is -2.36. The van der Waals surface area contributed by atoms with Gasteiger partial charge in [-0.15, -0.1) is 0 Å². The Hall–Kier alpha value is -1.26. The molecule has 2 aliphatic rings. The highest BCUT2D eigenvalue weighted by Crippen LogP contribution is 2.35. The van der Waals surface area contributed by atoms with E-state index in [9.17, 15) is 4.79 Å². The van der Waals surface area contributed by atoms with Crippen molar-refractivity contribution < 1.29 is 9.53 Å². The van der Waals surface area contributed by atoms with Gasteiger partial charge in [0.15, 0.2) is 0 Å². The van der Waals surface area contributed by atoms with Gasteiger partial charge in [-0.05, 0) is 37.6 Å². The van der Waals surface area contributed by atoms with E-state index in [2.05, 4.69) is 14.9 Å². The number of azide groups is 1. The summed E-state index contributed by atoms with van der Waals surface area (Å²) in [6.45, 7) is 3.48. The molecule has 0 spiro atoms. The Labute approximate surface area is 120 Å². The maximum absolute atomic E-state index is 12.1. The van der Waals surface area contributed by atoms with Crippen LogP contribution in [0.15, 0.2) is 5.11 Å². The van der Waals surface area contributed by atoms with Crippen molar-refractivity contribution in [3.8, 4) is 0 Å². The molecule has 1 aliphatic heterocycles. The van der Waals surface area contributed by atoms with Gasteiger partial charge in [0.05, 0.1) is 13.2 Å². The molecule has 2 fully saturated rings. The second-order valence-electron chi connectivity index (χ2n) is 6.24. The van der Waals surface area contributed by atoms with Crippen LogP contribution in [-0.4, -0.2) is 42.6 Å². The van der Waals surface area contributed by atoms with Gasteiger partial charge in [-0.25, -0.2) is 0 Å². The fourth-order valence-corrected chi connectivity index (χ4v) is 3.65. The zero-order valence-corrected chi connectivity index (χ0v) is 12.4. The highest BCUT2D eigenvalue weighted by Gasteiger charge is 2.48. The number of methoxy groups -OCH3 is 1. The standard InChI is InChI=1S/C14H24N4O2/c1-14(13(19)20-2)8-12(16-17-15)10-18(14)9-11-6-4-3-5-7-11/h11-12H,3-10H2,1-2H3/t12-,14-/m0/s1. The second kappa shape index (κ2) is 6.46. The number of likely N-dealkylation sites (tertiary alicyclic amines) is 1. The lowest BCUT2D eigenvalue weighted by molar-refractivity contribution is -0.152. The van der Waals surface area contributed by atoms with Crippen LogP contribution in [0.25, 0.3) is 10.4 Å². The van der Waals surface area contributed by atoms with Crippen LogP contribution in [0.1, 0.15) is 45.4 Å². The van der Waals surface area contributed by atoms with Crippen LogP contribution in [0.2, 0.25) is 0 Å². The number of rotatable bonds is 4. The number of ether oxygens (including phenoxy) is 1. The van der Waals surface area contributed by atoms with Crippen LogP contribution in [0, 0.1) is 5.92 Å². The molecule has 112 valence electrons. The SMILES string of the molecule is COC(=O)[C@]1(C)C[C@H](N=[N+]=[N-])CN1CC1CCCCC1. The van der Waals surface area contributed by atoms with Gasteiger partial charge in [0.25, 0.3) is 0 Å². The largest absolute Gasteiger partial charge is 0.468 e. The third-order valence-electron chi connectivity index (χ3n) is 4.81. The second-order valence-corrected chi connectivity index (χ2v) is 6.24. The van der Waals surface area contributed by atoms with Crippen molar-refractivity contribution in [3.05, 3.63) is 10.4 Å². The molecule has 1 saturated heterocycles. The first-order chi connectivity index (χ1) is 9.60. The van der Waals surface area contributed by atoms with E-state index in [1.165, 1.54) is 39.2 Å². The number of carbonyl (C=O) groups excluding carboxylic acids is 1. The summed E-state index contributed by atoms with van der Waals surface area (Å²) in [7, 11) is 1.42. The predicted molar refractivity (Wildman–Crippen MR) is 76.1 cm³/mol. The average molecular weight is 280 g/mol. The number of carbonyl (C=O) groups is 1. The summed E-state index contributed by atoms with van der Waals surface area (Å²) < 4.78 is 4.97. The summed E-state index contributed by atoms with van der Waals surface area (Å²) in [5.74, 6) is 0.432. The first-order valence-corrected chi connectivity index (χ1v) is 7.48. The van der Waals surface area contributed by atoms with Gasteiger partial charge < -0.3 is 4.74 Å². The van der Waals surface area contributed by atoms with Crippen LogP contribution in [0.5, 0.6) is 0 Å². The van der Waals surface area contributed by atoms with Crippen molar-refractivity contribution in [2.75, 3.05) is 20.2 Å². The Balaban J connectivity index is 2.09. The summed E-state index contributed by atoms with van der Waals surface area (Å²) >= 11 is 0. The Morgan fingerprint density at radius 3 is 2.75 bits per heavy atom. The monoisotopic (exact) mass is 280 g/mol. The molecule has 0 N–H and O–H groups in total. The lowest BCUT2D eigenvalue weighted by Crippen LogP contribution is -2.50. The topological polar surface area (TPSA) is 78.3 Å². The predicted octanol–water partition coefficient (Wildman–Crippen LogP) is 2.88. The molecule has 0 radical (unpaired) electrons. The molecule has 20 heavy (non-hydrogen) atoms. The number of esters is 1. The Bertz CT molecular complexity index is 402.